The molecule has 8 heteroatoms. The van der Waals surface area contributed by atoms with Crippen LogP contribution in [0.2, 0.25) is 5.15 Å². The Bertz CT molecular complexity index is 724. The Morgan fingerprint density at radius 2 is 2.24 bits per heavy atom. The van der Waals surface area contributed by atoms with E-state index < -0.39 is 10.8 Å². The number of aromatic nitrogens is 2. The third-order valence-corrected chi connectivity index (χ3v) is 3.39. The smallest absolute Gasteiger partial charge is 0.287 e. The Hall–Kier alpha value is -2.41. The van der Waals surface area contributed by atoms with E-state index in [1.54, 1.807) is 22.8 Å². The van der Waals surface area contributed by atoms with Gasteiger partial charge in [0.05, 0.1) is 11.1 Å². The molecule has 21 heavy (non-hydrogen) atoms. The van der Waals surface area contributed by atoms with Crippen LogP contribution in [0.25, 0.3) is 0 Å². The lowest BCUT2D eigenvalue weighted by Gasteiger charge is -2.07. The second-order valence-electron chi connectivity index (χ2n) is 4.78. The van der Waals surface area contributed by atoms with Gasteiger partial charge in [0.15, 0.2) is 0 Å². The van der Waals surface area contributed by atoms with E-state index in [1.165, 1.54) is 12.3 Å². The molecule has 2 aromatic heterocycles. The van der Waals surface area contributed by atoms with Crippen molar-refractivity contribution in [3.63, 3.8) is 0 Å². The molecule has 108 valence electrons. The zero-order valence-electron chi connectivity index (χ0n) is 10.8. The molecule has 0 unspecified atom stereocenters. The van der Waals surface area contributed by atoms with E-state index in [9.17, 15) is 14.9 Å². The first-order valence-corrected chi connectivity index (χ1v) is 6.72. The van der Waals surface area contributed by atoms with Crippen molar-refractivity contribution in [2.24, 2.45) is 0 Å². The van der Waals surface area contributed by atoms with Crippen molar-refractivity contribution in [3.8, 4) is 0 Å². The zero-order valence-corrected chi connectivity index (χ0v) is 11.6. The summed E-state index contributed by atoms with van der Waals surface area (Å²) in [6.07, 6.45) is 3.24. The number of carbonyl (C=O) groups excluding carboxylic acids is 1. The summed E-state index contributed by atoms with van der Waals surface area (Å²) in [4.78, 5) is 26.6. The number of amides is 1. The first-order chi connectivity index (χ1) is 10.0. The van der Waals surface area contributed by atoms with Gasteiger partial charge in [-0.25, -0.2) is 4.98 Å². The molecule has 7 nitrogen and oxygen atoms in total. The number of pyridine rings is 1. The summed E-state index contributed by atoms with van der Waals surface area (Å²) in [6.45, 7) is 0. The van der Waals surface area contributed by atoms with Gasteiger partial charge in [-0.05, 0) is 25.0 Å². The van der Waals surface area contributed by atoms with Crippen molar-refractivity contribution >= 4 is 29.0 Å². The van der Waals surface area contributed by atoms with Crippen LogP contribution in [0.3, 0.4) is 0 Å². The quantitative estimate of drug-likeness (QED) is 0.534. The van der Waals surface area contributed by atoms with Gasteiger partial charge in [0.25, 0.3) is 11.6 Å². The van der Waals surface area contributed by atoms with Crippen LogP contribution < -0.4 is 5.32 Å². The lowest BCUT2D eigenvalue weighted by molar-refractivity contribution is -0.384. The largest absolute Gasteiger partial charge is 0.334 e. The van der Waals surface area contributed by atoms with Crippen LogP contribution in [0.15, 0.2) is 30.5 Å². The predicted molar refractivity (Wildman–Crippen MR) is 76.6 cm³/mol. The summed E-state index contributed by atoms with van der Waals surface area (Å²) >= 11 is 5.75. The van der Waals surface area contributed by atoms with Crippen LogP contribution in [0.4, 0.5) is 11.5 Å². The van der Waals surface area contributed by atoms with E-state index in [0.717, 1.165) is 12.8 Å². The van der Waals surface area contributed by atoms with Crippen LogP contribution in [0, 0.1) is 10.1 Å². The number of anilines is 1. The maximum absolute atomic E-state index is 12.3. The average Bonchev–Trinajstić information content (AvgIpc) is 3.17. The standard InChI is InChI=1S/C13H11ClN4O3/c14-11-2-1-3-12(15-11)16-13(19)10-6-9(18(20)21)7-17(10)8-4-5-8/h1-3,6-8H,4-5H2,(H,15,16,19). The van der Waals surface area contributed by atoms with Crippen LogP contribution in [0.1, 0.15) is 29.4 Å². The molecule has 1 aliphatic rings. The average molecular weight is 307 g/mol. The number of nitrogens with one attached hydrogen (secondary N) is 1. The lowest BCUT2D eigenvalue weighted by atomic mass is 10.3. The number of hydrogen-bond acceptors (Lipinski definition) is 4. The van der Waals surface area contributed by atoms with Crippen molar-refractivity contribution in [1.29, 1.82) is 0 Å². The van der Waals surface area contributed by atoms with E-state index in [1.807, 2.05) is 0 Å². The summed E-state index contributed by atoms with van der Waals surface area (Å²) in [6, 6.07) is 6.29. The molecule has 0 atom stereocenters. The third kappa shape index (κ3) is 2.87. The van der Waals surface area contributed by atoms with Gasteiger partial charge in [0, 0.05) is 12.1 Å². The second kappa shape index (κ2) is 5.17. The molecule has 0 radical (unpaired) electrons. The molecule has 1 saturated carbocycles. The van der Waals surface area contributed by atoms with Crippen molar-refractivity contribution < 1.29 is 9.72 Å². The molecule has 2 aromatic rings. The maximum atomic E-state index is 12.3. The van der Waals surface area contributed by atoms with E-state index >= 15 is 0 Å². The molecular weight excluding hydrogens is 296 g/mol. The number of rotatable bonds is 4. The van der Waals surface area contributed by atoms with Crippen molar-refractivity contribution in [2.75, 3.05) is 5.32 Å². The minimum atomic E-state index is -0.507. The molecule has 0 aromatic carbocycles. The highest BCUT2D eigenvalue weighted by molar-refractivity contribution is 6.29. The number of halogens is 1. The summed E-state index contributed by atoms with van der Waals surface area (Å²) in [5.74, 6) is -0.136. The van der Waals surface area contributed by atoms with E-state index in [4.69, 9.17) is 11.6 Å². The number of nitro groups is 1. The van der Waals surface area contributed by atoms with Gasteiger partial charge in [-0.3, -0.25) is 14.9 Å². The molecule has 1 aliphatic carbocycles. The van der Waals surface area contributed by atoms with Gasteiger partial charge in [-0.1, -0.05) is 17.7 Å². The fourth-order valence-corrected chi connectivity index (χ4v) is 2.22. The van der Waals surface area contributed by atoms with Crippen LogP contribution in [-0.2, 0) is 0 Å². The van der Waals surface area contributed by atoms with Crippen molar-refractivity contribution in [2.45, 2.75) is 18.9 Å². The molecule has 1 amide bonds. The summed E-state index contributed by atoms with van der Waals surface area (Å²) in [5, 5.41) is 13.7. The summed E-state index contributed by atoms with van der Waals surface area (Å²) in [5.41, 5.74) is 0.164. The molecule has 0 bridgehead atoms. The molecule has 0 aliphatic heterocycles. The Balaban J connectivity index is 1.88. The molecule has 1 fully saturated rings. The molecular formula is C13H11ClN4O3. The number of hydrogen-bond donors (Lipinski definition) is 1. The molecule has 1 N–H and O–H groups in total. The Labute approximate surface area is 124 Å². The lowest BCUT2D eigenvalue weighted by Crippen LogP contribution is -2.17. The van der Waals surface area contributed by atoms with Crippen molar-refractivity contribution in [1.82, 2.24) is 9.55 Å². The maximum Gasteiger partial charge on any atom is 0.287 e. The van der Waals surface area contributed by atoms with Gasteiger partial charge in [-0.15, -0.1) is 0 Å². The van der Waals surface area contributed by atoms with Crippen LogP contribution >= 0.6 is 11.6 Å². The fourth-order valence-electron chi connectivity index (χ4n) is 2.06. The molecule has 0 saturated heterocycles. The van der Waals surface area contributed by atoms with Gasteiger partial charge in [0.2, 0.25) is 0 Å². The van der Waals surface area contributed by atoms with Crippen LogP contribution in [-0.4, -0.2) is 20.4 Å². The minimum absolute atomic E-state index is 0.0916. The highest BCUT2D eigenvalue weighted by Gasteiger charge is 2.30. The SMILES string of the molecule is O=C(Nc1cccc(Cl)n1)c1cc([N+](=O)[O-])cn1C1CC1. The van der Waals surface area contributed by atoms with Gasteiger partial charge in [0.1, 0.15) is 16.7 Å². The predicted octanol–water partition coefficient (Wildman–Crippen LogP) is 3.03. The molecule has 0 spiro atoms. The van der Waals surface area contributed by atoms with Gasteiger partial charge >= 0.3 is 0 Å². The first kappa shape index (κ1) is 13.6. The number of carbonyl (C=O) groups is 1. The Morgan fingerprint density at radius 1 is 1.48 bits per heavy atom. The Kier molecular flexibility index (Phi) is 3.34. The van der Waals surface area contributed by atoms with Crippen molar-refractivity contribution in [3.05, 3.63) is 51.4 Å². The van der Waals surface area contributed by atoms with E-state index in [2.05, 4.69) is 10.3 Å². The topological polar surface area (TPSA) is 90.1 Å². The first-order valence-electron chi connectivity index (χ1n) is 6.35. The monoisotopic (exact) mass is 306 g/mol. The number of nitrogens with zero attached hydrogens (tertiary/aromatic N) is 3. The highest BCUT2D eigenvalue weighted by Crippen LogP contribution is 2.38. The van der Waals surface area contributed by atoms with E-state index in [0.29, 0.717) is 5.82 Å². The normalized spacial score (nSPS) is 14.0. The minimum Gasteiger partial charge on any atom is -0.334 e. The van der Waals surface area contributed by atoms with Gasteiger partial charge < -0.3 is 9.88 Å². The summed E-state index contributed by atoms with van der Waals surface area (Å²) < 4.78 is 1.65. The van der Waals surface area contributed by atoms with Gasteiger partial charge in [-0.2, -0.15) is 0 Å². The molecule has 2 heterocycles. The highest BCUT2D eigenvalue weighted by atomic mass is 35.5. The fraction of sp³-hybridized carbons (Fsp3) is 0.231. The van der Waals surface area contributed by atoms with E-state index in [-0.39, 0.29) is 22.6 Å². The Morgan fingerprint density at radius 3 is 2.86 bits per heavy atom. The summed E-state index contributed by atoms with van der Waals surface area (Å²) in [7, 11) is 0. The second-order valence-corrected chi connectivity index (χ2v) is 5.17. The van der Waals surface area contributed by atoms with Crippen LogP contribution in [0.5, 0.6) is 0 Å². The molecule has 3 rings (SSSR count). The zero-order chi connectivity index (χ0) is 15.0. The third-order valence-electron chi connectivity index (χ3n) is 3.17.